The highest BCUT2D eigenvalue weighted by Crippen LogP contribution is 2.15. The molecule has 1 unspecified atom stereocenters. The van der Waals surface area contributed by atoms with E-state index in [9.17, 15) is 9.59 Å². The minimum absolute atomic E-state index is 0.106. The van der Waals surface area contributed by atoms with Gasteiger partial charge in [-0.2, -0.15) is 0 Å². The van der Waals surface area contributed by atoms with Crippen LogP contribution in [0.4, 0.5) is 11.4 Å². The van der Waals surface area contributed by atoms with Gasteiger partial charge in [0.2, 0.25) is 5.91 Å². The summed E-state index contributed by atoms with van der Waals surface area (Å²) in [5.41, 5.74) is 1.94. The Labute approximate surface area is 160 Å². The van der Waals surface area contributed by atoms with Crippen molar-refractivity contribution >= 4 is 23.2 Å². The van der Waals surface area contributed by atoms with Crippen molar-refractivity contribution in [1.29, 1.82) is 0 Å². The minimum Gasteiger partial charge on any atom is -0.494 e. The van der Waals surface area contributed by atoms with Crippen LogP contribution < -0.4 is 20.7 Å². The van der Waals surface area contributed by atoms with E-state index in [1.165, 1.54) is 0 Å². The second-order valence-corrected chi connectivity index (χ2v) is 6.22. The van der Waals surface area contributed by atoms with Crippen LogP contribution in [0.2, 0.25) is 0 Å². The van der Waals surface area contributed by atoms with Gasteiger partial charge in [-0.05, 0) is 62.7 Å². The molecule has 27 heavy (non-hydrogen) atoms. The van der Waals surface area contributed by atoms with Crippen LogP contribution in [0, 0.1) is 0 Å². The lowest BCUT2D eigenvalue weighted by molar-refractivity contribution is -0.114. The third-order valence-corrected chi connectivity index (χ3v) is 4.02. The maximum atomic E-state index is 12.2. The molecule has 3 N–H and O–H groups in total. The third kappa shape index (κ3) is 6.66. The SMILES string of the molecule is CCOc1ccc(NCC(=O)Nc2cccc(C(=O)NC(C)CC)c2)cc1. The third-order valence-electron chi connectivity index (χ3n) is 4.02. The summed E-state index contributed by atoms with van der Waals surface area (Å²) < 4.78 is 5.39. The maximum absolute atomic E-state index is 12.2. The van der Waals surface area contributed by atoms with Crippen molar-refractivity contribution < 1.29 is 14.3 Å². The van der Waals surface area contributed by atoms with Gasteiger partial charge in [0.1, 0.15) is 5.75 Å². The van der Waals surface area contributed by atoms with Crippen molar-refractivity contribution in [1.82, 2.24) is 5.32 Å². The molecule has 0 radical (unpaired) electrons. The molecule has 2 aromatic carbocycles. The van der Waals surface area contributed by atoms with E-state index in [0.29, 0.717) is 17.9 Å². The molecule has 0 saturated heterocycles. The van der Waals surface area contributed by atoms with Crippen LogP contribution >= 0.6 is 0 Å². The number of carbonyl (C=O) groups is 2. The van der Waals surface area contributed by atoms with E-state index in [-0.39, 0.29) is 24.4 Å². The highest BCUT2D eigenvalue weighted by molar-refractivity contribution is 5.98. The number of amides is 2. The lowest BCUT2D eigenvalue weighted by atomic mass is 10.1. The standard InChI is InChI=1S/C21H27N3O3/c1-4-15(3)23-21(26)16-7-6-8-18(13-16)24-20(25)14-22-17-9-11-19(12-10-17)27-5-2/h6-13,15,22H,4-5,14H2,1-3H3,(H,23,26)(H,24,25). The van der Waals surface area contributed by atoms with E-state index in [1.807, 2.05) is 45.0 Å². The fraction of sp³-hybridized carbons (Fsp3) is 0.333. The molecule has 0 bridgehead atoms. The van der Waals surface area contributed by atoms with Gasteiger partial charge in [-0.3, -0.25) is 9.59 Å². The molecule has 144 valence electrons. The average Bonchev–Trinajstić information content (AvgIpc) is 2.67. The number of rotatable bonds is 9. The summed E-state index contributed by atoms with van der Waals surface area (Å²) in [4.78, 5) is 24.4. The lowest BCUT2D eigenvalue weighted by Gasteiger charge is -2.12. The highest BCUT2D eigenvalue weighted by Gasteiger charge is 2.10. The van der Waals surface area contributed by atoms with Gasteiger partial charge in [0.05, 0.1) is 13.2 Å². The summed E-state index contributed by atoms with van der Waals surface area (Å²) in [7, 11) is 0. The van der Waals surface area contributed by atoms with Crippen molar-refractivity contribution in [2.45, 2.75) is 33.2 Å². The Bertz CT molecular complexity index is 760. The van der Waals surface area contributed by atoms with E-state index >= 15 is 0 Å². The fourth-order valence-electron chi connectivity index (χ4n) is 2.37. The zero-order valence-electron chi connectivity index (χ0n) is 16.0. The molecule has 0 spiro atoms. The van der Waals surface area contributed by atoms with Crippen LogP contribution in [0.15, 0.2) is 48.5 Å². The van der Waals surface area contributed by atoms with Crippen LogP contribution in [-0.4, -0.2) is 31.0 Å². The first-order valence-corrected chi connectivity index (χ1v) is 9.19. The van der Waals surface area contributed by atoms with Crippen molar-refractivity contribution in [3.63, 3.8) is 0 Å². The van der Waals surface area contributed by atoms with E-state index in [2.05, 4.69) is 16.0 Å². The predicted octanol–water partition coefficient (Wildman–Crippen LogP) is 3.66. The number of carbonyl (C=O) groups excluding carboxylic acids is 2. The van der Waals surface area contributed by atoms with Gasteiger partial charge >= 0.3 is 0 Å². The summed E-state index contributed by atoms with van der Waals surface area (Å²) >= 11 is 0. The number of nitrogens with one attached hydrogen (secondary N) is 3. The average molecular weight is 369 g/mol. The molecule has 2 amide bonds. The number of anilines is 2. The van der Waals surface area contributed by atoms with Gasteiger partial charge in [-0.25, -0.2) is 0 Å². The van der Waals surface area contributed by atoms with Crippen LogP contribution in [0.5, 0.6) is 5.75 Å². The zero-order chi connectivity index (χ0) is 19.6. The molecule has 2 aromatic rings. The molecule has 0 heterocycles. The molecule has 2 rings (SSSR count). The lowest BCUT2D eigenvalue weighted by Crippen LogP contribution is -2.32. The summed E-state index contributed by atoms with van der Waals surface area (Å²) in [6.07, 6.45) is 0.861. The van der Waals surface area contributed by atoms with Gasteiger partial charge in [0.15, 0.2) is 0 Å². The first kappa shape index (κ1) is 20.3. The zero-order valence-corrected chi connectivity index (χ0v) is 16.0. The van der Waals surface area contributed by atoms with Crippen molar-refractivity contribution in [3.05, 3.63) is 54.1 Å². The summed E-state index contributed by atoms with van der Waals surface area (Å²) in [5.74, 6) is 0.455. The Hall–Kier alpha value is -3.02. The van der Waals surface area contributed by atoms with Gasteiger partial charge in [-0.15, -0.1) is 0 Å². The van der Waals surface area contributed by atoms with Gasteiger partial charge in [-0.1, -0.05) is 13.0 Å². The van der Waals surface area contributed by atoms with E-state index < -0.39 is 0 Å². The monoisotopic (exact) mass is 369 g/mol. The van der Waals surface area contributed by atoms with Crippen molar-refractivity contribution in [2.75, 3.05) is 23.8 Å². The molecule has 0 aliphatic rings. The van der Waals surface area contributed by atoms with Crippen molar-refractivity contribution in [3.8, 4) is 5.75 Å². The fourth-order valence-corrected chi connectivity index (χ4v) is 2.37. The Morgan fingerprint density at radius 2 is 1.78 bits per heavy atom. The minimum atomic E-state index is -0.191. The van der Waals surface area contributed by atoms with Gasteiger partial charge in [0.25, 0.3) is 5.91 Å². The maximum Gasteiger partial charge on any atom is 0.251 e. The van der Waals surface area contributed by atoms with Crippen LogP contribution in [0.25, 0.3) is 0 Å². The number of hydrogen-bond acceptors (Lipinski definition) is 4. The van der Waals surface area contributed by atoms with E-state index in [0.717, 1.165) is 17.9 Å². The second kappa shape index (κ2) is 10.2. The van der Waals surface area contributed by atoms with Crippen LogP contribution in [0.1, 0.15) is 37.6 Å². The Balaban J connectivity index is 1.88. The van der Waals surface area contributed by atoms with Gasteiger partial charge < -0.3 is 20.7 Å². The summed E-state index contributed by atoms with van der Waals surface area (Å²) in [5, 5.41) is 8.77. The molecule has 0 fully saturated rings. The molecular formula is C21H27N3O3. The highest BCUT2D eigenvalue weighted by atomic mass is 16.5. The van der Waals surface area contributed by atoms with E-state index in [1.54, 1.807) is 24.3 Å². The Kier molecular flexibility index (Phi) is 7.67. The van der Waals surface area contributed by atoms with E-state index in [4.69, 9.17) is 4.74 Å². The topological polar surface area (TPSA) is 79.5 Å². The number of ether oxygens (including phenoxy) is 1. The van der Waals surface area contributed by atoms with Crippen molar-refractivity contribution in [2.24, 2.45) is 0 Å². The smallest absolute Gasteiger partial charge is 0.251 e. The van der Waals surface area contributed by atoms with Gasteiger partial charge in [0, 0.05) is 23.0 Å². The molecule has 6 heteroatoms. The molecule has 0 aromatic heterocycles. The molecular weight excluding hydrogens is 342 g/mol. The predicted molar refractivity (Wildman–Crippen MR) is 108 cm³/mol. The van der Waals surface area contributed by atoms with Crippen LogP contribution in [-0.2, 0) is 4.79 Å². The normalized spacial score (nSPS) is 11.4. The second-order valence-electron chi connectivity index (χ2n) is 6.22. The Morgan fingerprint density at radius 3 is 2.44 bits per heavy atom. The quantitative estimate of drug-likeness (QED) is 0.630. The van der Waals surface area contributed by atoms with Crippen LogP contribution in [0.3, 0.4) is 0 Å². The number of benzene rings is 2. The molecule has 0 aliphatic heterocycles. The molecule has 0 saturated carbocycles. The summed E-state index contributed by atoms with van der Waals surface area (Å²) in [6.45, 7) is 6.63. The first-order chi connectivity index (χ1) is 13.0. The molecule has 1 atom stereocenters. The summed E-state index contributed by atoms with van der Waals surface area (Å²) in [6, 6.07) is 14.4. The Morgan fingerprint density at radius 1 is 1.04 bits per heavy atom. The largest absolute Gasteiger partial charge is 0.494 e. The molecule has 6 nitrogen and oxygen atoms in total. The number of hydrogen-bond donors (Lipinski definition) is 3. The molecule has 0 aliphatic carbocycles. The first-order valence-electron chi connectivity index (χ1n) is 9.19.